The van der Waals surface area contributed by atoms with Crippen LogP contribution in [0.1, 0.15) is 34.2 Å². The molecule has 4 aromatic heterocycles. The minimum absolute atomic E-state index is 0.523. The smallest absolute Gasteiger partial charge is 0.199 e. The number of benzene rings is 9. The SMILES string of the molecule is COC1(OC)C(c2cccc3c2[nH]c2ccccc23)(c2cccc3c2[nH]c2ccccc23)C=C(c2ccccc2)CC1(c1cccc2c1[nH]c1ccccc12)c1cccc2c1[nH]c1ccccc12. The van der Waals surface area contributed by atoms with E-state index in [1.54, 1.807) is 0 Å². The highest BCUT2D eigenvalue weighted by molar-refractivity contribution is 6.13. The molecule has 4 heterocycles. The lowest BCUT2D eigenvalue weighted by Gasteiger charge is -2.61. The first-order chi connectivity index (χ1) is 33.6. The zero-order valence-corrected chi connectivity index (χ0v) is 37.7. The Balaban J connectivity index is 1.27. The molecule has 0 saturated heterocycles. The number of H-pyrrole nitrogens is 4. The number of hydrogen-bond acceptors (Lipinski definition) is 2. The van der Waals surface area contributed by atoms with Gasteiger partial charge in [0.25, 0.3) is 0 Å². The standard InChI is InChI=1S/C62H46N4O2/c1-67-62(68-2)60(48-28-14-24-44-40-20-6-10-32-52(40)63-56(44)48,49-29-15-25-45-41-21-7-11-33-53(41)64-57(45)49)36-39(38-18-4-3-5-19-38)37-61(62,50-30-16-26-46-42-22-8-12-34-54(42)65-58(46)50)51-31-17-27-47-43-23-9-13-35-55(43)66-59(47)51/h3-36,63-66H,37H2,1-2H3. The maximum Gasteiger partial charge on any atom is 0.199 e. The van der Waals surface area contributed by atoms with Gasteiger partial charge >= 0.3 is 0 Å². The summed E-state index contributed by atoms with van der Waals surface area (Å²) in [6, 6.07) is 72.5. The highest BCUT2D eigenvalue weighted by atomic mass is 16.7. The van der Waals surface area contributed by atoms with Gasteiger partial charge in [0.15, 0.2) is 5.79 Å². The van der Waals surface area contributed by atoms with Crippen molar-refractivity contribution in [2.45, 2.75) is 23.0 Å². The number of fused-ring (bicyclic) bond motifs is 12. The van der Waals surface area contributed by atoms with Gasteiger partial charge in [-0.1, -0.05) is 182 Å². The van der Waals surface area contributed by atoms with Crippen LogP contribution < -0.4 is 0 Å². The van der Waals surface area contributed by atoms with Crippen molar-refractivity contribution in [2.75, 3.05) is 14.2 Å². The first kappa shape index (κ1) is 39.0. The molecule has 0 radical (unpaired) electrons. The lowest BCUT2D eigenvalue weighted by molar-refractivity contribution is -0.269. The zero-order valence-electron chi connectivity index (χ0n) is 37.7. The summed E-state index contributed by atoms with van der Waals surface area (Å²) in [5.74, 6) is -1.54. The summed E-state index contributed by atoms with van der Waals surface area (Å²) in [5.41, 5.74) is 12.6. The van der Waals surface area contributed by atoms with Crippen LogP contribution in [0.5, 0.6) is 0 Å². The minimum Gasteiger partial charge on any atom is -0.354 e. The number of allylic oxidation sites excluding steroid dienone is 1. The van der Waals surface area contributed by atoms with E-state index in [1.807, 2.05) is 14.2 Å². The van der Waals surface area contributed by atoms with Crippen LogP contribution in [-0.2, 0) is 20.3 Å². The van der Waals surface area contributed by atoms with Crippen molar-refractivity contribution in [3.05, 3.63) is 234 Å². The van der Waals surface area contributed by atoms with Gasteiger partial charge in [-0.2, -0.15) is 0 Å². The molecule has 6 heteroatoms. The number of methoxy groups -OCH3 is 2. The maximum atomic E-state index is 7.73. The number of aromatic nitrogens is 4. The predicted molar refractivity (Wildman–Crippen MR) is 281 cm³/mol. The molecule has 0 atom stereocenters. The van der Waals surface area contributed by atoms with E-state index in [2.05, 4.69) is 226 Å². The topological polar surface area (TPSA) is 81.6 Å². The molecule has 6 nitrogen and oxygen atoms in total. The summed E-state index contributed by atoms with van der Waals surface area (Å²) in [5, 5.41) is 9.17. The second-order valence-electron chi connectivity index (χ2n) is 18.5. The Bertz CT molecular complexity index is 3950. The number of hydrogen-bond donors (Lipinski definition) is 4. The molecule has 326 valence electrons. The third-order valence-electron chi connectivity index (χ3n) is 15.6. The molecule has 0 saturated carbocycles. The van der Waals surface area contributed by atoms with Crippen molar-refractivity contribution in [1.82, 2.24) is 19.9 Å². The van der Waals surface area contributed by atoms with Crippen molar-refractivity contribution in [2.24, 2.45) is 0 Å². The molecular weight excluding hydrogens is 833 g/mol. The number of aromatic amines is 4. The van der Waals surface area contributed by atoms with Crippen LogP contribution in [0.4, 0.5) is 0 Å². The van der Waals surface area contributed by atoms with Gasteiger partial charge in [0.1, 0.15) is 0 Å². The highest BCUT2D eigenvalue weighted by Gasteiger charge is 2.70. The number of para-hydroxylation sites is 8. The predicted octanol–water partition coefficient (Wildman–Crippen LogP) is 15.0. The Hall–Kier alpha value is -8.16. The maximum absolute atomic E-state index is 7.73. The first-order valence-corrected chi connectivity index (χ1v) is 23.5. The molecule has 68 heavy (non-hydrogen) atoms. The van der Waals surface area contributed by atoms with E-state index in [4.69, 9.17) is 9.47 Å². The molecule has 14 rings (SSSR count). The molecule has 4 N–H and O–H groups in total. The van der Waals surface area contributed by atoms with Crippen LogP contribution in [0.3, 0.4) is 0 Å². The lowest BCUT2D eigenvalue weighted by atomic mass is 9.49. The van der Waals surface area contributed by atoms with Gasteiger partial charge in [0.05, 0.1) is 32.9 Å². The van der Waals surface area contributed by atoms with E-state index in [0.29, 0.717) is 6.42 Å². The monoisotopic (exact) mass is 878 g/mol. The molecular formula is C62H46N4O2. The van der Waals surface area contributed by atoms with E-state index >= 15 is 0 Å². The summed E-state index contributed by atoms with van der Waals surface area (Å²) in [6.07, 6.45) is 3.03. The van der Waals surface area contributed by atoms with Gasteiger partial charge in [-0.3, -0.25) is 0 Å². The summed E-state index contributed by atoms with van der Waals surface area (Å²) in [7, 11) is 3.73. The van der Waals surface area contributed by atoms with E-state index in [9.17, 15) is 0 Å². The van der Waals surface area contributed by atoms with E-state index in [-0.39, 0.29) is 0 Å². The molecule has 1 aliphatic carbocycles. The Morgan fingerprint density at radius 1 is 0.338 bits per heavy atom. The van der Waals surface area contributed by atoms with E-state index in [0.717, 1.165) is 121 Å². The molecule has 13 aromatic rings. The van der Waals surface area contributed by atoms with Gasteiger partial charge < -0.3 is 29.4 Å². The Morgan fingerprint density at radius 2 is 0.662 bits per heavy atom. The van der Waals surface area contributed by atoms with Gasteiger partial charge in [-0.25, -0.2) is 0 Å². The van der Waals surface area contributed by atoms with Crippen LogP contribution in [0.15, 0.2) is 206 Å². The van der Waals surface area contributed by atoms with Crippen LogP contribution >= 0.6 is 0 Å². The third-order valence-corrected chi connectivity index (χ3v) is 15.6. The Labute approximate surface area is 391 Å². The van der Waals surface area contributed by atoms with Crippen molar-refractivity contribution in [1.29, 1.82) is 0 Å². The highest BCUT2D eigenvalue weighted by Crippen LogP contribution is 2.66. The lowest BCUT2D eigenvalue weighted by Crippen LogP contribution is -2.68. The van der Waals surface area contributed by atoms with E-state index in [1.165, 1.54) is 0 Å². The van der Waals surface area contributed by atoms with Crippen LogP contribution in [0.2, 0.25) is 0 Å². The summed E-state index contributed by atoms with van der Waals surface area (Å²) in [6.45, 7) is 0. The zero-order chi connectivity index (χ0) is 45.2. The van der Waals surface area contributed by atoms with Crippen molar-refractivity contribution < 1.29 is 9.47 Å². The van der Waals surface area contributed by atoms with Crippen LogP contribution in [0.25, 0.3) is 92.8 Å². The Kier molecular flexibility index (Phi) is 8.28. The Morgan fingerprint density at radius 3 is 1.04 bits per heavy atom. The molecule has 0 amide bonds. The normalized spacial score (nSPS) is 15.7. The third kappa shape index (κ3) is 4.97. The average Bonchev–Trinajstić information content (AvgIpc) is 4.18. The average molecular weight is 879 g/mol. The quantitative estimate of drug-likeness (QED) is 0.120. The molecule has 0 aliphatic heterocycles. The van der Waals surface area contributed by atoms with E-state index < -0.39 is 16.6 Å². The number of rotatable bonds is 7. The summed E-state index contributed by atoms with van der Waals surface area (Å²) >= 11 is 0. The largest absolute Gasteiger partial charge is 0.354 e. The summed E-state index contributed by atoms with van der Waals surface area (Å²) < 4.78 is 15.5. The molecule has 0 bridgehead atoms. The van der Waals surface area contributed by atoms with Crippen LogP contribution in [0, 0.1) is 0 Å². The summed E-state index contributed by atoms with van der Waals surface area (Å²) in [4.78, 5) is 16.0. The fourth-order valence-corrected chi connectivity index (χ4v) is 12.9. The minimum atomic E-state index is -1.54. The van der Waals surface area contributed by atoms with Gasteiger partial charge in [-0.05, 0) is 64.1 Å². The molecule has 0 unspecified atom stereocenters. The first-order valence-electron chi connectivity index (χ1n) is 23.5. The number of ether oxygens (including phenoxy) is 2. The molecule has 0 fully saturated rings. The fraction of sp³-hybridized carbons (Fsp3) is 0.0968. The fourth-order valence-electron chi connectivity index (χ4n) is 12.9. The van der Waals surface area contributed by atoms with Crippen LogP contribution in [-0.4, -0.2) is 39.9 Å². The molecule has 1 aliphatic rings. The van der Waals surface area contributed by atoms with Gasteiger partial charge in [0, 0.05) is 79.4 Å². The van der Waals surface area contributed by atoms with Gasteiger partial charge in [0.2, 0.25) is 0 Å². The van der Waals surface area contributed by atoms with Crippen molar-refractivity contribution >= 4 is 92.8 Å². The van der Waals surface area contributed by atoms with Crippen molar-refractivity contribution in [3.8, 4) is 0 Å². The van der Waals surface area contributed by atoms with Crippen molar-refractivity contribution in [3.63, 3.8) is 0 Å². The molecule has 9 aromatic carbocycles. The molecule has 0 spiro atoms. The second-order valence-corrected chi connectivity index (χ2v) is 18.5. The number of nitrogens with one attached hydrogen (secondary N) is 4. The second kappa shape index (κ2) is 14.4. The van der Waals surface area contributed by atoms with Gasteiger partial charge in [-0.15, -0.1) is 0 Å².